The molecule has 0 fully saturated rings. The molecule has 0 aliphatic carbocycles. The fraction of sp³-hybridized carbons (Fsp3) is 0.375. The summed E-state index contributed by atoms with van der Waals surface area (Å²) in [4.78, 5) is 16.2. The second kappa shape index (κ2) is 14.3. The predicted molar refractivity (Wildman–Crippen MR) is 155 cm³/mol. The average molecular weight is 519 g/mol. The number of aryl methyl sites for hydroxylation is 2. The molecule has 3 aromatic rings. The number of aliphatic hydroxyl groups is 1. The number of nitrogens with zero attached hydrogens (tertiary/aromatic N) is 1. The highest BCUT2D eigenvalue weighted by Gasteiger charge is 2.14. The molecule has 6 heteroatoms. The molecule has 1 heterocycles. The average Bonchev–Trinajstić information content (AvgIpc) is 2.88. The number of pyridine rings is 1. The van der Waals surface area contributed by atoms with Gasteiger partial charge in [-0.1, -0.05) is 44.2 Å². The summed E-state index contributed by atoms with van der Waals surface area (Å²) in [5.74, 6) is 1.21. The molecule has 0 aliphatic rings. The van der Waals surface area contributed by atoms with E-state index in [-0.39, 0.29) is 5.91 Å². The maximum Gasteiger partial charge on any atom is 0.244 e. The molecule has 3 rings (SSSR count). The molecule has 1 aromatic heterocycles. The molecular weight excluding hydrogens is 476 g/mol. The molecule has 0 unspecified atom stereocenters. The van der Waals surface area contributed by atoms with Gasteiger partial charge in [0.2, 0.25) is 11.8 Å². The molecule has 0 spiro atoms. The summed E-state index contributed by atoms with van der Waals surface area (Å²) < 4.78 is 11.8. The summed E-state index contributed by atoms with van der Waals surface area (Å²) in [5, 5.41) is 12.5. The zero-order chi connectivity index (χ0) is 28.3. The van der Waals surface area contributed by atoms with Crippen molar-refractivity contribution in [2.75, 3.05) is 13.7 Å². The van der Waals surface area contributed by atoms with Crippen LogP contribution in [0.2, 0.25) is 0 Å². The van der Waals surface area contributed by atoms with E-state index in [1.54, 1.807) is 27.0 Å². The SMILES string of the molecule is CC.CNC(=O)/C=C(\C)c1ccc(OCc2cccc(-c3c(C)cc(OCCC(C)(C)O)nc3C)c2)cc1. The van der Waals surface area contributed by atoms with Crippen LogP contribution in [-0.2, 0) is 11.4 Å². The largest absolute Gasteiger partial charge is 0.489 e. The van der Waals surface area contributed by atoms with E-state index >= 15 is 0 Å². The fourth-order valence-electron chi connectivity index (χ4n) is 3.86. The van der Waals surface area contributed by atoms with E-state index in [1.165, 1.54) is 0 Å². The lowest BCUT2D eigenvalue weighted by Crippen LogP contribution is -2.22. The third-order valence-corrected chi connectivity index (χ3v) is 5.86. The summed E-state index contributed by atoms with van der Waals surface area (Å²) in [6, 6.07) is 17.9. The van der Waals surface area contributed by atoms with Crippen LogP contribution in [0.4, 0.5) is 0 Å². The number of hydrogen-bond donors (Lipinski definition) is 2. The fourth-order valence-corrected chi connectivity index (χ4v) is 3.86. The van der Waals surface area contributed by atoms with Gasteiger partial charge in [-0.3, -0.25) is 4.79 Å². The maximum atomic E-state index is 11.6. The van der Waals surface area contributed by atoms with Gasteiger partial charge in [-0.15, -0.1) is 0 Å². The van der Waals surface area contributed by atoms with Crippen LogP contribution in [0, 0.1) is 13.8 Å². The Labute approximate surface area is 227 Å². The lowest BCUT2D eigenvalue weighted by atomic mass is 9.98. The topological polar surface area (TPSA) is 80.7 Å². The Morgan fingerprint density at radius 2 is 1.74 bits per heavy atom. The molecule has 0 saturated heterocycles. The van der Waals surface area contributed by atoms with Gasteiger partial charge in [-0.05, 0) is 80.6 Å². The number of ether oxygens (including phenoxy) is 2. The lowest BCUT2D eigenvalue weighted by Gasteiger charge is -2.18. The lowest BCUT2D eigenvalue weighted by molar-refractivity contribution is -0.116. The first kappa shape index (κ1) is 30.6. The van der Waals surface area contributed by atoms with Crippen LogP contribution in [0.3, 0.4) is 0 Å². The van der Waals surface area contributed by atoms with Crippen molar-refractivity contribution in [3.8, 4) is 22.8 Å². The van der Waals surface area contributed by atoms with E-state index in [0.717, 1.165) is 44.8 Å². The van der Waals surface area contributed by atoms with Gasteiger partial charge >= 0.3 is 0 Å². The Morgan fingerprint density at radius 1 is 1.05 bits per heavy atom. The Bertz CT molecular complexity index is 1200. The van der Waals surface area contributed by atoms with E-state index in [9.17, 15) is 9.90 Å². The van der Waals surface area contributed by atoms with Crippen molar-refractivity contribution in [2.45, 2.75) is 67.1 Å². The van der Waals surface area contributed by atoms with E-state index in [1.807, 2.05) is 70.2 Å². The number of aromatic nitrogens is 1. The first-order chi connectivity index (χ1) is 18.1. The van der Waals surface area contributed by atoms with Crippen LogP contribution in [0.5, 0.6) is 11.6 Å². The minimum Gasteiger partial charge on any atom is -0.489 e. The normalized spacial score (nSPS) is 11.3. The maximum absolute atomic E-state index is 11.6. The zero-order valence-corrected chi connectivity index (χ0v) is 24.0. The number of allylic oxidation sites excluding steroid dienone is 1. The molecule has 2 aromatic carbocycles. The minimum absolute atomic E-state index is 0.124. The molecule has 0 aliphatic heterocycles. The number of hydrogen-bond acceptors (Lipinski definition) is 5. The second-order valence-corrected chi connectivity index (χ2v) is 9.60. The monoisotopic (exact) mass is 518 g/mol. The van der Waals surface area contributed by atoms with Crippen LogP contribution < -0.4 is 14.8 Å². The van der Waals surface area contributed by atoms with Gasteiger partial charge in [-0.2, -0.15) is 0 Å². The van der Waals surface area contributed by atoms with Crippen molar-refractivity contribution in [2.24, 2.45) is 0 Å². The second-order valence-electron chi connectivity index (χ2n) is 9.60. The molecule has 2 N–H and O–H groups in total. The molecular formula is C32H42N2O4. The summed E-state index contributed by atoms with van der Waals surface area (Å²) in [5.41, 5.74) is 6.27. The first-order valence-electron chi connectivity index (χ1n) is 13.1. The van der Waals surface area contributed by atoms with Crippen molar-refractivity contribution in [3.63, 3.8) is 0 Å². The molecule has 1 amide bonds. The van der Waals surface area contributed by atoms with Gasteiger partial charge in [0.25, 0.3) is 0 Å². The van der Waals surface area contributed by atoms with Crippen LogP contribution in [-0.4, -0.2) is 35.3 Å². The van der Waals surface area contributed by atoms with Crippen LogP contribution >= 0.6 is 0 Å². The van der Waals surface area contributed by atoms with Gasteiger partial charge in [0.05, 0.1) is 12.2 Å². The molecule has 204 valence electrons. The highest BCUT2D eigenvalue weighted by atomic mass is 16.5. The number of amides is 1. The molecule has 38 heavy (non-hydrogen) atoms. The summed E-state index contributed by atoms with van der Waals surface area (Å²) in [7, 11) is 1.61. The highest BCUT2D eigenvalue weighted by Crippen LogP contribution is 2.30. The summed E-state index contributed by atoms with van der Waals surface area (Å²) in [6.45, 7) is 14.3. The van der Waals surface area contributed by atoms with Crippen molar-refractivity contribution in [3.05, 3.63) is 83.1 Å². The standard InChI is InChI=1S/C30H36N2O4.C2H6/c1-20(16-27(33)31-6)24-10-12-26(13-11-24)36-19-23-8-7-9-25(18-23)29-21(2)17-28(32-22(29)3)35-15-14-30(4,5)34;1-2/h7-13,16-18,34H,14-15,19H2,1-6H3,(H,31,33);1-2H3/b20-16+;. The summed E-state index contributed by atoms with van der Waals surface area (Å²) >= 11 is 0. The van der Waals surface area contributed by atoms with Crippen molar-refractivity contribution < 1.29 is 19.4 Å². The highest BCUT2D eigenvalue weighted by molar-refractivity contribution is 5.94. The van der Waals surface area contributed by atoms with E-state index in [4.69, 9.17) is 9.47 Å². The third-order valence-electron chi connectivity index (χ3n) is 5.86. The number of carbonyl (C=O) groups excluding carboxylic acids is 1. The number of carbonyl (C=O) groups is 1. The summed E-state index contributed by atoms with van der Waals surface area (Å²) in [6.07, 6.45) is 2.11. The van der Waals surface area contributed by atoms with Crippen LogP contribution in [0.15, 0.2) is 60.7 Å². The van der Waals surface area contributed by atoms with Crippen molar-refractivity contribution >= 4 is 11.5 Å². The Kier molecular flexibility index (Phi) is 11.5. The Hall–Kier alpha value is -3.64. The van der Waals surface area contributed by atoms with Gasteiger partial charge in [-0.25, -0.2) is 4.98 Å². The predicted octanol–water partition coefficient (Wildman–Crippen LogP) is 6.66. The quantitative estimate of drug-likeness (QED) is 0.293. The van der Waals surface area contributed by atoms with Crippen molar-refractivity contribution in [1.82, 2.24) is 10.3 Å². The number of rotatable bonds is 10. The van der Waals surface area contributed by atoms with Gasteiger partial charge in [0.1, 0.15) is 12.4 Å². The van der Waals surface area contributed by atoms with E-state index in [0.29, 0.717) is 25.5 Å². The molecule has 0 bridgehead atoms. The number of nitrogens with one attached hydrogen (secondary N) is 1. The first-order valence-corrected chi connectivity index (χ1v) is 13.1. The van der Waals surface area contributed by atoms with Gasteiger partial charge < -0.3 is 19.9 Å². The Balaban J connectivity index is 0.00000247. The number of benzene rings is 2. The zero-order valence-electron chi connectivity index (χ0n) is 24.0. The Morgan fingerprint density at radius 3 is 2.34 bits per heavy atom. The van der Waals surface area contributed by atoms with Crippen molar-refractivity contribution in [1.29, 1.82) is 0 Å². The van der Waals surface area contributed by atoms with E-state index < -0.39 is 5.60 Å². The molecule has 0 atom stereocenters. The number of likely N-dealkylation sites (N-methyl/N-ethyl adjacent to an activating group) is 1. The smallest absolute Gasteiger partial charge is 0.244 e. The van der Waals surface area contributed by atoms with Crippen LogP contribution in [0.25, 0.3) is 16.7 Å². The third kappa shape index (κ3) is 9.34. The minimum atomic E-state index is -0.767. The molecule has 0 radical (unpaired) electrons. The van der Waals surface area contributed by atoms with E-state index in [2.05, 4.69) is 29.4 Å². The van der Waals surface area contributed by atoms with Gasteiger partial charge in [0, 0.05) is 36.9 Å². The molecule has 0 saturated carbocycles. The molecule has 6 nitrogen and oxygen atoms in total. The van der Waals surface area contributed by atoms with Crippen LogP contribution in [0.1, 0.15) is 63.4 Å². The van der Waals surface area contributed by atoms with Gasteiger partial charge in [0.15, 0.2) is 0 Å².